The van der Waals surface area contributed by atoms with E-state index < -0.39 is 10.0 Å². The summed E-state index contributed by atoms with van der Waals surface area (Å²) in [5.74, 6) is 0.296. The molecule has 1 aromatic carbocycles. The molecule has 158 valence electrons. The van der Waals surface area contributed by atoms with Gasteiger partial charge in [0.25, 0.3) is 0 Å². The van der Waals surface area contributed by atoms with E-state index in [0.717, 1.165) is 11.3 Å². The van der Waals surface area contributed by atoms with Gasteiger partial charge in [0.1, 0.15) is 4.21 Å². The van der Waals surface area contributed by atoms with Gasteiger partial charge in [-0.2, -0.15) is 0 Å². The van der Waals surface area contributed by atoms with Crippen LogP contribution in [0.3, 0.4) is 0 Å². The lowest BCUT2D eigenvalue weighted by molar-refractivity contribution is -0.121. The number of rotatable bonds is 7. The number of amides is 1. The number of hydrogen-bond donors (Lipinski definition) is 2. The number of nitrogens with zero attached hydrogens (tertiary/aromatic N) is 1. The second-order valence-electron chi connectivity index (χ2n) is 7.77. The molecule has 1 saturated heterocycles. The van der Waals surface area contributed by atoms with Crippen molar-refractivity contribution < 1.29 is 13.2 Å². The van der Waals surface area contributed by atoms with E-state index in [0.29, 0.717) is 36.1 Å². The molecule has 1 fully saturated rings. The van der Waals surface area contributed by atoms with Gasteiger partial charge in [0.2, 0.25) is 15.9 Å². The molecule has 2 heterocycles. The third kappa shape index (κ3) is 5.45. The lowest BCUT2D eigenvalue weighted by Crippen LogP contribution is -2.50. The summed E-state index contributed by atoms with van der Waals surface area (Å²) in [7, 11) is -3.45. The van der Waals surface area contributed by atoms with Crippen LogP contribution < -0.4 is 10.0 Å². The van der Waals surface area contributed by atoms with Crippen molar-refractivity contribution in [1.82, 2.24) is 9.62 Å². The Kier molecular flexibility index (Phi) is 7.10. The molecule has 0 aliphatic carbocycles. The van der Waals surface area contributed by atoms with Gasteiger partial charge in [-0.3, -0.25) is 9.69 Å². The molecular formula is C21H29N3O3S2. The summed E-state index contributed by atoms with van der Waals surface area (Å²) >= 11 is 1.22. The van der Waals surface area contributed by atoms with Crippen LogP contribution in [-0.4, -0.2) is 44.4 Å². The number of para-hydroxylation sites is 1. The van der Waals surface area contributed by atoms with E-state index in [1.165, 1.54) is 11.3 Å². The Morgan fingerprint density at radius 3 is 2.41 bits per heavy atom. The number of sulfonamides is 1. The molecule has 1 aromatic heterocycles. The van der Waals surface area contributed by atoms with Gasteiger partial charge in [0, 0.05) is 24.8 Å². The second-order valence-corrected chi connectivity index (χ2v) is 10.7. The first kappa shape index (κ1) is 22.0. The van der Waals surface area contributed by atoms with Crippen molar-refractivity contribution in [2.24, 2.45) is 0 Å². The van der Waals surface area contributed by atoms with Crippen LogP contribution in [0.4, 0.5) is 5.69 Å². The minimum absolute atomic E-state index is 0.0317. The van der Waals surface area contributed by atoms with Crippen molar-refractivity contribution in [2.75, 3.05) is 18.4 Å². The lowest BCUT2D eigenvalue weighted by atomic mass is 10.0. The summed E-state index contributed by atoms with van der Waals surface area (Å²) in [6.07, 6.45) is 1.37. The average molecular weight is 436 g/mol. The number of carbonyl (C=O) groups excluding carboxylic acids is 1. The highest BCUT2D eigenvalue weighted by Crippen LogP contribution is 2.25. The smallest absolute Gasteiger partial charge is 0.250 e. The Morgan fingerprint density at radius 2 is 1.79 bits per heavy atom. The van der Waals surface area contributed by atoms with E-state index >= 15 is 0 Å². The second kappa shape index (κ2) is 9.38. The van der Waals surface area contributed by atoms with Crippen LogP contribution in [0.25, 0.3) is 0 Å². The van der Waals surface area contributed by atoms with Crippen LogP contribution in [0.15, 0.2) is 46.0 Å². The Hall–Kier alpha value is -1.74. The number of thiophene rings is 1. The van der Waals surface area contributed by atoms with E-state index in [4.69, 9.17) is 0 Å². The topological polar surface area (TPSA) is 78.5 Å². The minimum atomic E-state index is -3.45. The number of benzene rings is 1. The summed E-state index contributed by atoms with van der Waals surface area (Å²) in [5, 5.41) is 4.83. The van der Waals surface area contributed by atoms with Gasteiger partial charge >= 0.3 is 0 Å². The van der Waals surface area contributed by atoms with Crippen LogP contribution in [0.5, 0.6) is 0 Å². The third-order valence-corrected chi connectivity index (χ3v) is 8.30. The molecule has 6 nitrogen and oxygen atoms in total. The van der Waals surface area contributed by atoms with Gasteiger partial charge in [-0.05, 0) is 48.8 Å². The first-order valence-corrected chi connectivity index (χ1v) is 12.3. The lowest BCUT2D eigenvalue weighted by Gasteiger charge is -2.35. The van der Waals surface area contributed by atoms with Crippen LogP contribution in [0, 0.1) is 0 Å². The summed E-state index contributed by atoms with van der Waals surface area (Å²) < 4.78 is 27.9. The number of nitrogens with one attached hydrogen (secondary N) is 2. The number of carbonyl (C=O) groups is 1. The molecule has 1 amide bonds. The monoisotopic (exact) mass is 435 g/mol. The van der Waals surface area contributed by atoms with Gasteiger partial charge in [0.05, 0.1) is 6.04 Å². The van der Waals surface area contributed by atoms with E-state index in [9.17, 15) is 13.2 Å². The maximum atomic E-state index is 12.8. The zero-order valence-corrected chi connectivity index (χ0v) is 18.7. The number of anilines is 1. The maximum absolute atomic E-state index is 12.8. The minimum Gasteiger partial charge on any atom is -0.324 e. The molecule has 2 N–H and O–H groups in total. The number of hydrogen-bond acceptors (Lipinski definition) is 5. The van der Waals surface area contributed by atoms with Crippen molar-refractivity contribution in [2.45, 2.75) is 55.8 Å². The maximum Gasteiger partial charge on any atom is 0.250 e. The largest absolute Gasteiger partial charge is 0.324 e. The zero-order chi connectivity index (χ0) is 21.0. The van der Waals surface area contributed by atoms with Crippen LogP contribution in [-0.2, 0) is 14.8 Å². The molecule has 0 bridgehead atoms. The van der Waals surface area contributed by atoms with Crippen molar-refractivity contribution in [3.05, 3.63) is 47.3 Å². The predicted octanol–water partition coefficient (Wildman–Crippen LogP) is 3.64. The first-order valence-electron chi connectivity index (χ1n) is 9.97. The third-order valence-electron chi connectivity index (χ3n) is 5.38. The van der Waals surface area contributed by atoms with E-state index in [1.807, 2.05) is 31.2 Å². The Labute approximate surface area is 177 Å². The van der Waals surface area contributed by atoms with Crippen molar-refractivity contribution in [1.29, 1.82) is 0 Å². The number of piperidine rings is 1. The fraction of sp³-hybridized carbons (Fsp3) is 0.476. The van der Waals surface area contributed by atoms with E-state index in [1.54, 1.807) is 17.5 Å². The fourth-order valence-corrected chi connectivity index (χ4v) is 5.93. The standard InChI is InChI=1S/C21H29N3O3S2/c1-15(2)18-7-4-5-8-19(18)22-21(25)16(3)24-12-10-17(11-13-24)23-29(26,27)20-9-6-14-28-20/h4-9,14-17,23H,10-13H2,1-3H3,(H,22,25)/t16-/m1/s1. The van der Waals surface area contributed by atoms with Gasteiger partial charge in [-0.25, -0.2) is 13.1 Å². The molecule has 1 aliphatic heterocycles. The highest BCUT2D eigenvalue weighted by atomic mass is 32.2. The molecule has 0 saturated carbocycles. The Morgan fingerprint density at radius 1 is 1.10 bits per heavy atom. The normalized spacial score (nSPS) is 17.4. The molecule has 29 heavy (non-hydrogen) atoms. The quantitative estimate of drug-likeness (QED) is 0.696. The molecule has 1 atom stereocenters. The summed E-state index contributed by atoms with van der Waals surface area (Å²) in [6.45, 7) is 7.48. The highest BCUT2D eigenvalue weighted by Gasteiger charge is 2.29. The Bertz CT molecular complexity index is 918. The van der Waals surface area contributed by atoms with Crippen molar-refractivity contribution in [3.63, 3.8) is 0 Å². The highest BCUT2D eigenvalue weighted by molar-refractivity contribution is 7.91. The van der Waals surface area contributed by atoms with Crippen LogP contribution in [0.1, 0.15) is 45.1 Å². The zero-order valence-electron chi connectivity index (χ0n) is 17.1. The molecule has 2 aromatic rings. The molecule has 1 aliphatic rings. The molecule has 3 rings (SSSR count). The van der Waals surface area contributed by atoms with Crippen LogP contribution >= 0.6 is 11.3 Å². The fourth-order valence-electron chi connectivity index (χ4n) is 3.62. The number of likely N-dealkylation sites (tertiary alicyclic amines) is 1. The first-order chi connectivity index (χ1) is 13.8. The van der Waals surface area contributed by atoms with Crippen molar-refractivity contribution in [3.8, 4) is 0 Å². The summed E-state index contributed by atoms with van der Waals surface area (Å²) in [4.78, 5) is 14.9. The van der Waals surface area contributed by atoms with Gasteiger partial charge < -0.3 is 5.32 Å². The molecular weight excluding hydrogens is 406 g/mol. The van der Waals surface area contributed by atoms with E-state index in [2.05, 4.69) is 28.8 Å². The predicted molar refractivity (Wildman–Crippen MR) is 118 cm³/mol. The molecule has 0 unspecified atom stereocenters. The SMILES string of the molecule is CC(C)c1ccccc1NC(=O)[C@@H](C)N1CCC(NS(=O)(=O)c2cccs2)CC1. The Balaban J connectivity index is 1.55. The van der Waals surface area contributed by atoms with Gasteiger partial charge in [-0.1, -0.05) is 38.1 Å². The van der Waals surface area contributed by atoms with Crippen LogP contribution in [0.2, 0.25) is 0 Å². The molecule has 0 spiro atoms. The van der Waals surface area contributed by atoms with Gasteiger partial charge in [-0.15, -0.1) is 11.3 Å². The average Bonchev–Trinajstić information content (AvgIpc) is 3.24. The van der Waals surface area contributed by atoms with Gasteiger partial charge in [0.15, 0.2) is 0 Å². The molecule has 8 heteroatoms. The van der Waals surface area contributed by atoms with Crippen molar-refractivity contribution >= 4 is 33.0 Å². The summed E-state index contributed by atoms with van der Waals surface area (Å²) in [6, 6.07) is 10.9. The summed E-state index contributed by atoms with van der Waals surface area (Å²) in [5.41, 5.74) is 1.98. The molecule has 0 radical (unpaired) electrons. The van der Waals surface area contributed by atoms with E-state index in [-0.39, 0.29) is 18.0 Å².